The number of ether oxygens (including phenoxy) is 1. The largest absolute Gasteiger partial charge is 0.495 e. The molecule has 0 radical (unpaired) electrons. The average molecular weight is 233 g/mol. The first-order chi connectivity index (χ1) is 6.97. The number of hydrogen-bond acceptors (Lipinski definition) is 2. The highest BCUT2D eigenvalue weighted by atomic mass is 35.5. The predicted octanol–water partition coefficient (Wildman–Crippen LogP) is 2.68. The average Bonchev–Trinajstić information content (AvgIpc) is 2.19. The first-order valence-electron chi connectivity index (χ1n) is 4.23. The second-order valence-electron chi connectivity index (χ2n) is 3.07. The van der Waals surface area contributed by atoms with E-state index in [1.165, 1.54) is 20.1 Å². The summed E-state index contributed by atoms with van der Waals surface area (Å²) in [4.78, 5) is 10.7. The smallest absolute Gasteiger partial charge is 0.310 e. The molecule has 1 aromatic carbocycles. The second-order valence-corrected chi connectivity index (χ2v) is 3.48. The van der Waals surface area contributed by atoms with Gasteiger partial charge >= 0.3 is 5.97 Å². The SMILES string of the molecule is COc1cc(F)c(C(C)C(=O)O)cc1Cl. The van der Waals surface area contributed by atoms with Crippen molar-refractivity contribution in [3.63, 3.8) is 0 Å². The van der Waals surface area contributed by atoms with Gasteiger partial charge in [-0.15, -0.1) is 0 Å². The Morgan fingerprint density at radius 2 is 2.20 bits per heavy atom. The van der Waals surface area contributed by atoms with Gasteiger partial charge in [0.05, 0.1) is 18.1 Å². The summed E-state index contributed by atoms with van der Waals surface area (Å²) >= 11 is 5.77. The number of rotatable bonds is 3. The summed E-state index contributed by atoms with van der Waals surface area (Å²) in [5, 5.41) is 8.93. The third-order valence-electron chi connectivity index (χ3n) is 2.11. The molecule has 1 aromatic rings. The number of carbonyl (C=O) groups is 1. The van der Waals surface area contributed by atoms with Crippen LogP contribution < -0.4 is 4.74 Å². The molecule has 0 fully saturated rings. The maximum absolute atomic E-state index is 13.4. The fourth-order valence-corrected chi connectivity index (χ4v) is 1.41. The molecule has 0 bridgehead atoms. The zero-order valence-electron chi connectivity index (χ0n) is 8.25. The Kier molecular flexibility index (Phi) is 3.52. The lowest BCUT2D eigenvalue weighted by Crippen LogP contribution is -2.09. The molecule has 0 spiro atoms. The van der Waals surface area contributed by atoms with E-state index in [1.54, 1.807) is 0 Å². The highest BCUT2D eigenvalue weighted by Gasteiger charge is 2.19. The summed E-state index contributed by atoms with van der Waals surface area (Å²) in [6.07, 6.45) is 0. The van der Waals surface area contributed by atoms with E-state index >= 15 is 0 Å². The fourth-order valence-electron chi connectivity index (χ4n) is 1.17. The summed E-state index contributed by atoms with van der Waals surface area (Å²) < 4.78 is 18.2. The summed E-state index contributed by atoms with van der Waals surface area (Å²) in [5.41, 5.74) is 0.0494. The van der Waals surface area contributed by atoms with E-state index in [4.69, 9.17) is 21.4 Å². The minimum Gasteiger partial charge on any atom is -0.495 e. The van der Waals surface area contributed by atoms with E-state index in [0.29, 0.717) is 0 Å². The van der Waals surface area contributed by atoms with Gasteiger partial charge in [-0.05, 0) is 13.0 Å². The minimum absolute atomic E-state index is 0.0494. The van der Waals surface area contributed by atoms with Crippen molar-refractivity contribution in [1.29, 1.82) is 0 Å². The van der Waals surface area contributed by atoms with Crippen LogP contribution in [0.2, 0.25) is 5.02 Å². The van der Waals surface area contributed by atoms with Crippen LogP contribution in [0.4, 0.5) is 4.39 Å². The number of hydrogen-bond donors (Lipinski definition) is 1. The zero-order chi connectivity index (χ0) is 11.6. The molecule has 0 saturated heterocycles. The molecule has 0 saturated carbocycles. The van der Waals surface area contributed by atoms with Crippen LogP contribution in [0.15, 0.2) is 12.1 Å². The van der Waals surface area contributed by atoms with Crippen LogP contribution in [-0.4, -0.2) is 18.2 Å². The molecule has 0 aliphatic heterocycles. The molecular weight excluding hydrogens is 223 g/mol. The lowest BCUT2D eigenvalue weighted by Gasteiger charge is -2.10. The van der Waals surface area contributed by atoms with Crippen LogP contribution in [0.3, 0.4) is 0 Å². The molecule has 5 heteroatoms. The standard InChI is InChI=1S/C10H10ClFO3/c1-5(10(13)14)6-3-7(11)9(15-2)4-8(6)12/h3-5H,1-2H3,(H,13,14). The predicted molar refractivity (Wildman–Crippen MR) is 54.0 cm³/mol. The highest BCUT2D eigenvalue weighted by molar-refractivity contribution is 6.32. The van der Waals surface area contributed by atoms with Crippen molar-refractivity contribution < 1.29 is 19.0 Å². The van der Waals surface area contributed by atoms with Crippen molar-refractivity contribution >= 4 is 17.6 Å². The maximum Gasteiger partial charge on any atom is 0.310 e. The molecule has 1 N–H and O–H groups in total. The summed E-state index contributed by atoms with van der Waals surface area (Å²) in [5.74, 6) is -2.48. The molecule has 0 heterocycles. The van der Waals surface area contributed by atoms with Crippen LogP contribution >= 0.6 is 11.6 Å². The molecule has 15 heavy (non-hydrogen) atoms. The van der Waals surface area contributed by atoms with Gasteiger partial charge in [0, 0.05) is 11.6 Å². The van der Waals surface area contributed by atoms with Crippen molar-refractivity contribution in [1.82, 2.24) is 0 Å². The van der Waals surface area contributed by atoms with E-state index in [0.717, 1.165) is 6.07 Å². The van der Waals surface area contributed by atoms with Crippen molar-refractivity contribution in [2.24, 2.45) is 0 Å². The number of halogens is 2. The van der Waals surface area contributed by atoms with Crippen molar-refractivity contribution in [3.05, 3.63) is 28.5 Å². The second kappa shape index (κ2) is 4.49. The third-order valence-corrected chi connectivity index (χ3v) is 2.40. The van der Waals surface area contributed by atoms with Gasteiger partial charge in [-0.2, -0.15) is 0 Å². The first kappa shape index (κ1) is 11.8. The Bertz CT molecular complexity index is 392. The van der Waals surface area contributed by atoms with Gasteiger partial charge < -0.3 is 9.84 Å². The number of methoxy groups -OCH3 is 1. The molecule has 0 aliphatic carbocycles. The van der Waals surface area contributed by atoms with Gasteiger partial charge in [-0.25, -0.2) is 4.39 Å². The van der Waals surface area contributed by atoms with Crippen LogP contribution in [0, 0.1) is 5.82 Å². The molecule has 1 unspecified atom stereocenters. The monoisotopic (exact) mass is 232 g/mol. The van der Waals surface area contributed by atoms with Gasteiger partial charge in [0.1, 0.15) is 11.6 Å². The molecule has 1 rings (SSSR count). The molecular formula is C10H10ClFO3. The Hall–Kier alpha value is -1.29. The number of aliphatic carboxylic acids is 1. The molecule has 1 atom stereocenters. The maximum atomic E-state index is 13.4. The molecule has 0 amide bonds. The summed E-state index contributed by atoms with van der Waals surface area (Å²) in [7, 11) is 1.36. The van der Waals surface area contributed by atoms with Crippen molar-refractivity contribution in [2.75, 3.05) is 7.11 Å². The Balaban J connectivity index is 3.21. The van der Waals surface area contributed by atoms with Gasteiger partial charge in [0.25, 0.3) is 0 Å². The Morgan fingerprint density at radius 1 is 1.60 bits per heavy atom. The summed E-state index contributed by atoms with van der Waals surface area (Å²) in [6.45, 7) is 1.39. The van der Waals surface area contributed by atoms with E-state index in [1.807, 2.05) is 0 Å². The normalized spacial score (nSPS) is 12.3. The highest BCUT2D eigenvalue weighted by Crippen LogP contribution is 2.30. The van der Waals surface area contributed by atoms with Crippen molar-refractivity contribution in [2.45, 2.75) is 12.8 Å². The Morgan fingerprint density at radius 3 is 2.67 bits per heavy atom. The molecule has 0 aromatic heterocycles. The van der Waals surface area contributed by atoms with Crippen LogP contribution in [0.25, 0.3) is 0 Å². The van der Waals surface area contributed by atoms with Gasteiger partial charge in [-0.3, -0.25) is 4.79 Å². The first-order valence-corrected chi connectivity index (χ1v) is 4.61. The van der Waals surface area contributed by atoms with Gasteiger partial charge in [-0.1, -0.05) is 11.6 Å². The van der Waals surface area contributed by atoms with E-state index < -0.39 is 17.7 Å². The van der Waals surface area contributed by atoms with E-state index in [9.17, 15) is 9.18 Å². The lowest BCUT2D eigenvalue weighted by molar-refractivity contribution is -0.138. The number of benzene rings is 1. The minimum atomic E-state index is -1.10. The summed E-state index contributed by atoms with van der Waals surface area (Å²) in [6, 6.07) is 2.35. The van der Waals surface area contributed by atoms with Gasteiger partial charge in [0.2, 0.25) is 0 Å². The van der Waals surface area contributed by atoms with E-state index in [2.05, 4.69) is 0 Å². The van der Waals surface area contributed by atoms with Crippen LogP contribution in [-0.2, 0) is 4.79 Å². The van der Waals surface area contributed by atoms with Crippen molar-refractivity contribution in [3.8, 4) is 5.75 Å². The van der Waals surface area contributed by atoms with E-state index in [-0.39, 0.29) is 16.3 Å². The van der Waals surface area contributed by atoms with Crippen LogP contribution in [0.1, 0.15) is 18.4 Å². The quantitative estimate of drug-likeness (QED) is 0.872. The topological polar surface area (TPSA) is 46.5 Å². The fraction of sp³-hybridized carbons (Fsp3) is 0.300. The zero-order valence-corrected chi connectivity index (χ0v) is 9.01. The number of carboxylic acid groups (broad SMARTS) is 1. The number of carboxylic acids is 1. The van der Waals surface area contributed by atoms with Crippen LogP contribution in [0.5, 0.6) is 5.75 Å². The van der Waals surface area contributed by atoms with Gasteiger partial charge in [0.15, 0.2) is 0 Å². The third kappa shape index (κ3) is 2.39. The lowest BCUT2D eigenvalue weighted by atomic mass is 10.0. The molecule has 0 aliphatic rings. The Labute approximate surface area is 91.4 Å². The molecule has 3 nitrogen and oxygen atoms in total. The molecule has 82 valence electrons.